The fourth-order valence-electron chi connectivity index (χ4n) is 4.02. The number of carbonyl (C=O) groups is 1. The first kappa shape index (κ1) is 21.0. The molecule has 0 saturated carbocycles. The Morgan fingerprint density at radius 3 is 2.55 bits per heavy atom. The van der Waals surface area contributed by atoms with E-state index in [1.807, 2.05) is 60.7 Å². The number of hydrogen-bond donors (Lipinski definition) is 1. The van der Waals surface area contributed by atoms with Crippen molar-refractivity contribution < 1.29 is 14.3 Å². The van der Waals surface area contributed by atoms with Gasteiger partial charge in [0.2, 0.25) is 0 Å². The van der Waals surface area contributed by atoms with Gasteiger partial charge in [-0.25, -0.2) is 4.79 Å². The molecule has 0 radical (unpaired) electrons. The lowest BCUT2D eigenvalue weighted by atomic mass is 9.95. The van der Waals surface area contributed by atoms with Gasteiger partial charge in [-0.3, -0.25) is 0 Å². The first-order chi connectivity index (χ1) is 15.0. The van der Waals surface area contributed by atoms with Crippen LogP contribution in [0.1, 0.15) is 46.3 Å². The highest BCUT2D eigenvalue weighted by Crippen LogP contribution is 2.44. The number of benzene rings is 3. The van der Waals surface area contributed by atoms with Gasteiger partial charge in [0, 0.05) is 16.3 Å². The molecule has 0 bridgehead atoms. The number of rotatable bonds is 6. The van der Waals surface area contributed by atoms with E-state index < -0.39 is 5.97 Å². The van der Waals surface area contributed by atoms with Gasteiger partial charge in [0.25, 0.3) is 0 Å². The molecule has 3 aromatic rings. The average molecular weight is 434 g/mol. The topological polar surface area (TPSA) is 61.5 Å². The maximum Gasteiger partial charge on any atom is 0.337 e. The standard InChI is InChI=1S/C26H24ClNO3/c1-30-26(29)19-12-18(13-21(28)14-19)22-8-5-9-23(22)24-15-20(27)10-11-25(24)31-16-17-6-3-2-4-7-17/h2-4,6-7,10-15H,5,8-9,16,28H2,1H3. The van der Waals surface area contributed by atoms with Crippen LogP contribution in [0.25, 0.3) is 11.1 Å². The number of allylic oxidation sites excluding steroid dienone is 2. The maximum atomic E-state index is 12.1. The lowest BCUT2D eigenvalue weighted by Gasteiger charge is -2.16. The van der Waals surface area contributed by atoms with Crippen LogP contribution >= 0.6 is 11.6 Å². The second-order valence-corrected chi connectivity index (χ2v) is 8.00. The molecule has 0 aromatic heterocycles. The minimum Gasteiger partial charge on any atom is -0.488 e. The normalized spacial score (nSPS) is 13.4. The van der Waals surface area contributed by atoms with Crippen molar-refractivity contribution >= 4 is 34.4 Å². The molecule has 4 nitrogen and oxygen atoms in total. The van der Waals surface area contributed by atoms with Gasteiger partial charge in [0.15, 0.2) is 0 Å². The predicted octanol–water partition coefficient (Wildman–Crippen LogP) is 6.38. The molecule has 4 rings (SSSR count). The molecule has 0 spiro atoms. The van der Waals surface area contributed by atoms with E-state index in [4.69, 9.17) is 26.8 Å². The Morgan fingerprint density at radius 1 is 1.00 bits per heavy atom. The molecule has 31 heavy (non-hydrogen) atoms. The SMILES string of the molecule is COC(=O)c1cc(N)cc(C2=C(c3cc(Cl)ccc3OCc3ccccc3)CCC2)c1. The Kier molecular flexibility index (Phi) is 6.28. The first-order valence-corrected chi connectivity index (χ1v) is 10.6. The highest BCUT2D eigenvalue weighted by Gasteiger charge is 2.22. The van der Waals surface area contributed by atoms with Crippen LogP contribution in [0.5, 0.6) is 5.75 Å². The molecule has 0 unspecified atom stereocenters. The number of esters is 1. The van der Waals surface area contributed by atoms with Gasteiger partial charge in [-0.15, -0.1) is 0 Å². The zero-order valence-corrected chi connectivity index (χ0v) is 18.1. The summed E-state index contributed by atoms with van der Waals surface area (Å²) in [5.74, 6) is 0.392. The van der Waals surface area contributed by atoms with Crippen LogP contribution in [0.2, 0.25) is 5.02 Å². The van der Waals surface area contributed by atoms with Crippen LogP contribution in [-0.4, -0.2) is 13.1 Å². The smallest absolute Gasteiger partial charge is 0.337 e. The summed E-state index contributed by atoms with van der Waals surface area (Å²) in [6.07, 6.45) is 2.81. The van der Waals surface area contributed by atoms with Gasteiger partial charge in [0.1, 0.15) is 12.4 Å². The summed E-state index contributed by atoms with van der Waals surface area (Å²) in [7, 11) is 1.37. The second-order valence-electron chi connectivity index (χ2n) is 7.56. The summed E-state index contributed by atoms with van der Waals surface area (Å²) in [4.78, 5) is 12.1. The molecular formula is C26H24ClNO3. The molecule has 2 N–H and O–H groups in total. The Hall–Kier alpha value is -3.24. The molecule has 158 valence electrons. The number of halogens is 1. The third-order valence-electron chi connectivity index (χ3n) is 5.45. The molecular weight excluding hydrogens is 410 g/mol. The third kappa shape index (κ3) is 4.75. The lowest BCUT2D eigenvalue weighted by Crippen LogP contribution is -2.03. The van der Waals surface area contributed by atoms with Gasteiger partial charge >= 0.3 is 5.97 Å². The first-order valence-electron chi connectivity index (χ1n) is 10.2. The summed E-state index contributed by atoms with van der Waals surface area (Å²) in [6, 6.07) is 21.2. The molecule has 1 aliphatic rings. The summed E-state index contributed by atoms with van der Waals surface area (Å²) in [6.45, 7) is 0.475. The summed E-state index contributed by atoms with van der Waals surface area (Å²) < 4.78 is 11.1. The summed E-state index contributed by atoms with van der Waals surface area (Å²) in [5.41, 5.74) is 12.4. The summed E-state index contributed by atoms with van der Waals surface area (Å²) in [5, 5.41) is 0.656. The van der Waals surface area contributed by atoms with E-state index in [9.17, 15) is 4.79 Å². The predicted molar refractivity (Wildman–Crippen MR) is 125 cm³/mol. The van der Waals surface area contributed by atoms with Crippen molar-refractivity contribution in [3.8, 4) is 5.75 Å². The van der Waals surface area contributed by atoms with Crippen LogP contribution in [0.15, 0.2) is 66.7 Å². The molecule has 1 aliphatic carbocycles. The van der Waals surface area contributed by atoms with Crippen molar-refractivity contribution in [1.29, 1.82) is 0 Å². The van der Waals surface area contributed by atoms with Gasteiger partial charge in [-0.05, 0) is 77.9 Å². The van der Waals surface area contributed by atoms with Crippen LogP contribution < -0.4 is 10.5 Å². The minimum atomic E-state index is -0.400. The van der Waals surface area contributed by atoms with E-state index in [-0.39, 0.29) is 0 Å². The molecule has 0 heterocycles. The zero-order valence-electron chi connectivity index (χ0n) is 17.4. The number of nitrogens with two attached hydrogens (primary N) is 1. The molecule has 0 atom stereocenters. The molecule has 3 aromatic carbocycles. The lowest BCUT2D eigenvalue weighted by molar-refractivity contribution is 0.0600. The van der Waals surface area contributed by atoms with Gasteiger partial charge in [0.05, 0.1) is 12.7 Å². The van der Waals surface area contributed by atoms with Crippen molar-refractivity contribution in [2.75, 3.05) is 12.8 Å². The van der Waals surface area contributed by atoms with E-state index in [2.05, 4.69) is 0 Å². The van der Waals surface area contributed by atoms with E-state index >= 15 is 0 Å². The number of ether oxygens (including phenoxy) is 2. The number of anilines is 1. The number of nitrogen functional groups attached to an aromatic ring is 1. The van der Waals surface area contributed by atoms with E-state index in [1.54, 1.807) is 6.07 Å². The van der Waals surface area contributed by atoms with Gasteiger partial charge < -0.3 is 15.2 Å². The van der Waals surface area contributed by atoms with Crippen molar-refractivity contribution in [3.05, 3.63) is 94.0 Å². The number of carbonyl (C=O) groups excluding carboxylic acids is 1. The average Bonchev–Trinajstić information content (AvgIpc) is 3.28. The molecule has 0 aliphatic heterocycles. The highest BCUT2D eigenvalue weighted by molar-refractivity contribution is 6.30. The maximum absolute atomic E-state index is 12.1. The fourth-order valence-corrected chi connectivity index (χ4v) is 4.19. The van der Waals surface area contributed by atoms with Crippen LogP contribution in [0, 0.1) is 0 Å². The fraction of sp³-hybridized carbons (Fsp3) is 0.192. The largest absolute Gasteiger partial charge is 0.488 e. The quantitative estimate of drug-likeness (QED) is 0.361. The molecule has 0 fully saturated rings. The third-order valence-corrected chi connectivity index (χ3v) is 5.68. The monoisotopic (exact) mass is 433 g/mol. The van der Waals surface area contributed by atoms with Crippen LogP contribution in [-0.2, 0) is 11.3 Å². The van der Waals surface area contributed by atoms with Crippen LogP contribution in [0.3, 0.4) is 0 Å². The molecule has 5 heteroatoms. The minimum absolute atomic E-state index is 0.400. The Morgan fingerprint density at radius 2 is 1.77 bits per heavy atom. The number of hydrogen-bond acceptors (Lipinski definition) is 4. The Bertz CT molecular complexity index is 1140. The Labute approximate surface area is 187 Å². The van der Waals surface area contributed by atoms with Crippen molar-refractivity contribution in [2.24, 2.45) is 0 Å². The van der Waals surface area contributed by atoms with Crippen molar-refractivity contribution in [1.82, 2.24) is 0 Å². The van der Waals surface area contributed by atoms with Crippen LogP contribution in [0.4, 0.5) is 5.69 Å². The molecule has 0 amide bonds. The Balaban J connectivity index is 1.74. The molecule has 0 saturated heterocycles. The van der Waals surface area contributed by atoms with Gasteiger partial charge in [-0.1, -0.05) is 41.9 Å². The van der Waals surface area contributed by atoms with Crippen molar-refractivity contribution in [3.63, 3.8) is 0 Å². The van der Waals surface area contributed by atoms with Crippen molar-refractivity contribution in [2.45, 2.75) is 25.9 Å². The van der Waals surface area contributed by atoms with E-state index in [0.717, 1.165) is 47.3 Å². The van der Waals surface area contributed by atoms with Gasteiger partial charge in [-0.2, -0.15) is 0 Å². The summed E-state index contributed by atoms with van der Waals surface area (Å²) >= 11 is 6.36. The number of methoxy groups -OCH3 is 1. The zero-order chi connectivity index (χ0) is 21.8. The second kappa shape index (κ2) is 9.27. The van der Waals surface area contributed by atoms with E-state index in [0.29, 0.717) is 22.9 Å². The van der Waals surface area contributed by atoms with E-state index in [1.165, 1.54) is 12.7 Å². The highest BCUT2D eigenvalue weighted by atomic mass is 35.5.